The molecule has 1 atom stereocenters. The fourth-order valence-corrected chi connectivity index (χ4v) is 6.93. The van der Waals surface area contributed by atoms with Crippen LogP contribution in [0, 0.1) is 0 Å². The Morgan fingerprint density at radius 1 is 0.800 bits per heavy atom. The van der Waals surface area contributed by atoms with Gasteiger partial charge in [0.1, 0.15) is 4.70 Å². The van der Waals surface area contributed by atoms with Gasteiger partial charge in [0.15, 0.2) is 11.2 Å². The fraction of sp³-hybridized carbons (Fsp3) is 0.400. The average Bonchev–Trinajstić information content (AvgIpc) is 3.50. The van der Waals surface area contributed by atoms with E-state index in [0.29, 0.717) is 0 Å². The van der Waals surface area contributed by atoms with E-state index in [1.54, 1.807) is 11.3 Å². The first kappa shape index (κ1) is 26.9. The molecule has 0 bridgehead atoms. The van der Waals surface area contributed by atoms with Crippen LogP contribution in [0.15, 0.2) is 66.4 Å². The predicted octanol–water partition coefficient (Wildman–Crippen LogP) is 8.59. The minimum absolute atomic E-state index is 0.00677. The van der Waals surface area contributed by atoms with E-state index >= 15 is 0 Å². The van der Waals surface area contributed by atoms with Gasteiger partial charge in [-0.1, -0.05) is 91.6 Å². The number of anilines is 1. The van der Waals surface area contributed by atoms with Crippen LogP contribution >= 0.6 is 11.3 Å². The topological polar surface area (TPSA) is 32.9 Å². The summed E-state index contributed by atoms with van der Waals surface area (Å²) in [6.07, 6.45) is 4.10. The molecule has 5 aromatic rings. The zero-order chi connectivity index (χ0) is 28.6. The summed E-state index contributed by atoms with van der Waals surface area (Å²) in [5.41, 5.74) is 10.1. The van der Waals surface area contributed by atoms with Crippen LogP contribution in [0.4, 0.5) is 5.69 Å². The molecule has 4 nitrogen and oxygen atoms in total. The number of rotatable bonds is 2. The van der Waals surface area contributed by atoms with Gasteiger partial charge >= 0.3 is 0 Å². The summed E-state index contributed by atoms with van der Waals surface area (Å²) in [5, 5.41) is 3.38. The lowest BCUT2D eigenvalue weighted by Crippen LogP contribution is -2.48. The van der Waals surface area contributed by atoms with Crippen molar-refractivity contribution in [2.24, 2.45) is 0 Å². The molecule has 1 unspecified atom stereocenters. The second kappa shape index (κ2) is 9.10. The molecule has 0 amide bonds. The van der Waals surface area contributed by atoms with Crippen molar-refractivity contribution in [3.8, 4) is 0 Å². The highest BCUT2D eigenvalue weighted by Crippen LogP contribution is 2.40. The molecule has 0 saturated heterocycles. The molecule has 206 valence electrons. The van der Waals surface area contributed by atoms with Crippen LogP contribution in [0.2, 0.25) is 0 Å². The zero-order valence-electron chi connectivity index (χ0n) is 25.3. The highest BCUT2D eigenvalue weighted by atomic mass is 32.1. The summed E-state index contributed by atoms with van der Waals surface area (Å²) in [6, 6.07) is 18.3. The van der Waals surface area contributed by atoms with Crippen molar-refractivity contribution in [1.29, 1.82) is 0 Å². The number of aromatic nitrogens is 3. The van der Waals surface area contributed by atoms with Gasteiger partial charge < -0.3 is 4.90 Å². The number of benzene rings is 2. The molecule has 0 N–H and O–H groups in total. The number of pyridine rings is 1. The molecule has 2 aromatic carbocycles. The summed E-state index contributed by atoms with van der Waals surface area (Å²) in [5.74, 6) is 0. The molecule has 6 rings (SSSR count). The third-order valence-corrected chi connectivity index (χ3v) is 9.12. The van der Waals surface area contributed by atoms with E-state index in [-0.39, 0.29) is 22.4 Å². The predicted molar refractivity (Wildman–Crippen MR) is 168 cm³/mol. The molecule has 5 heteroatoms. The van der Waals surface area contributed by atoms with Crippen molar-refractivity contribution >= 4 is 38.1 Å². The summed E-state index contributed by atoms with van der Waals surface area (Å²) >= 11 is 1.79. The summed E-state index contributed by atoms with van der Waals surface area (Å²) < 4.78 is 3.64. The molecular weight excluding hydrogens is 508 g/mol. The van der Waals surface area contributed by atoms with Gasteiger partial charge in [-0.2, -0.15) is 0 Å². The van der Waals surface area contributed by atoms with E-state index < -0.39 is 0 Å². The third kappa shape index (κ3) is 4.58. The zero-order valence-corrected chi connectivity index (χ0v) is 26.1. The Kier molecular flexibility index (Phi) is 6.12. The molecule has 0 spiro atoms. The van der Waals surface area contributed by atoms with Gasteiger partial charge in [-0.05, 0) is 57.2 Å². The van der Waals surface area contributed by atoms with Gasteiger partial charge in [0.05, 0.1) is 17.4 Å². The Hall–Kier alpha value is -3.31. The number of hydrogen-bond donors (Lipinski definition) is 0. The van der Waals surface area contributed by atoms with E-state index in [1.165, 1.54) is 37.9 Å². The number of hydrogen-bond acceptors (Lipinski definition) is 4. The molecule has 0 fully saturated rings. The first-order chi connectivity index (χ1) is 18.7. The molecule has 1 aliphatic heterocycles. The lowest BCUT2D eigenvalue weighted by atomic mass is 9.85. The maximum atomic E-state index is 5.07. The second-order valence-corrected chi connectivity index (χ2v) is 15.3. The van der Waals surface area contributed by atoms with Crippen molar-refractivity contribution in [1.82, 2.24) is 9.97 Å². The van der Waals surface area contributed by atoms with E-state index in [1.807, 2.05) is 6.20 Å². The quantitative estimate of drug-likeness (QED) is 0.207. The number of nitrogens with zero attached hydrogens (tertiary/aromatic N) is 4. The lowest BCUT2D eigenvalue weighted by molar-refractivity contribution is -0.689. The van der Waals surface area contributed by atoms with Crippen molar-refractivity contribution < 1.29 is 4.57 Å². The van der Waals surface area contributed by atoms with Gasteiger partial charge in [-0.15, -0.1) is 11.3 Å². The first-order valence-electron chi connectivity index (χ1n) is 14.3. The van der Waals surface area contributed by atoms with Gasteiger partial charge in [-0.25, -0.2) is 4.57 Å². The van der Waals surface area contributed by atoms with Crippen LogP contribution in [0.3, 0.4) is 0 Å². The minimum atomic E-state index is -0.0237. The van der Waals surface area contributed by atoms with E-state index in [4.69, 9.17) is 9.97 Å². The molecule has 0 saturated carbocycles. The molecular formula is C35H41N4S+. The Bertz CT molecular complexity index is 1740. The van der Waals surface area contributed by atoms with E-state index in [2.05, 4.69) is 132 Å². The molecule has 40 heavy (non-hydrogen) atoms. The van der Waals surface area contributed by atoms with Crippen molar-refractivity contribution in [2.45, 2.75) is 91.3 Å². The Labute approximate surface area is 242 Å². The highest BCUT2D eigenvalue weighted by molar-refractivity contribution is 7.17. The van der Waals surface area contributed by atoms with E-state index in [9.17, 15) is 0 Å². The van der Waals surface area contributed by atoms with Gasteiger partial charge in [0.25, 0.3) is 6.33 Å². The molecule has 0 aliphatic carbocycles. The van der Waals surface area contributed by atoms with Gasteiger partial charge in [-0.3, -0.25) is 4.98 Å². The molecule has 0 radical (unpaired) electrons. The molecule has 4 heterocycles. The first-order valence-corrected chi connectivity index (χ1v) is 15.2. The Morgan fingerprint density at radius 2 is 1.50 bits per heavy atom. The summed E-state index contributed by atoms with van der Waals surface area (Å²) in [4.78, 5) is 12.5. The van der Waals surface area contributed by atoms with Crippen LogP contribution in [0.25, 0.3) is 21.1 Å². The van der Waals surface area contributed by atoms with Crippen LogP contribution in [-0.2, 0) is 22.8 Å². The van der Waals surface area contributed by atoms with Gasteiger partial charge in [0, 0.05) is 22.9 Å². The smallest absolute Gasteiger partial charge is 0.289 e. The van der Waals surface area contributed by atoms with Crippen LogP contribution in [-0.4, -0.2) is 9.97 Å². The molecule has 1 aliphatic rings. The van der Waals surface area contributed by atoms with Gasteiger partial charge in [0.2, 0.25) is 6.17 Å². The SMILES string of the molecule is CC(C)(C)c1ccc2c(c1)CN(c1cnc3ccc(C(C)(C)C)cc3c1)C2[n+]1cnc(C(C)(C)C)c2sccc21. The normalized spacial score (nSPS) is 16.2. The van der Waals surface area contributed by atoms with Crippen LogP contribution in [0.5, 0.6) is 0 Å². The monoisotopic (exact) mass is 549 g/mol. The standard InChI is InChI=1S/C35H41N4S/c1-33(2,3)24-10-12-27-23(17-24)20-38(26-18-22-16-25(34(4,5)6)11-13-28(22)36-19-26)32(27)39-21-37-31(35(7,8)9)30-29(39)14-15-40-30/h10-19,21,32H,20H2,1-9H3/q+1. The van der Waals surface area contributed by atoms with Crippen LogP contribution in [0.1, 0.15) is 96.4 Å². The maximum absolute atomic E-state index is 5.07. The second-order valence-electron chi connectivity index (χ2n) is 14.4. The third-order valence-electron chi connectivity index (χ3n) is 8.21. The largest absolute Gasteiger partial charge is 0.323 e. The fourth-order valence-electron chi connectivity index (χ4n) is 5.83. The lowest BCUT2D eigenvalue weighted by Gasteiger charge is -2.26. The summed E-state index contributed by atoms with van der Waals surface area (Å²) in [6.45, 7) is 21.2. The Morgan fingerprint density at radius 3 is 2.20 bits per heavy atom. The minimum Gasteiger partial charge on any atom is -0.323 e. The van der Waals surface area contributed by atoms with Crippen molar-refractivity contribution in [3.05, 3.63) is 94.4 Å². The van der Waals surface area contributed by atoms with E-state index in [0.717, 1.165) is 23.4 Å². The highest BCUT2D eigenvalue weighted by Gasteiger charge is 2.38. The molecule has 3 aromatic heterocycles. The van der Waals surface area contributed by atoms with Crippen molar-refractivity contribution in [2.75, 3.05) is 4.90 Å². The van der Waals surface area contributed by atoms with Crippen LogP contribution < -0.4 is 9.47 Å². The summed E-state index contributed by atoms with van der Waals surface area (Å²) in [7, 11) is 0. The van der Waals surface area contributed by atoms with Crippen molar-refractivity contribution in [3.63, 3.8) is 0 Å². The average molecular weight is 550 g/mol. The maximum Gasteiger partial charge on any atom is 0.289 e. The Balaban J connectivity index is 1.55. The number of thiophene rings is 1. The number of fused-ring (bicyclic) bond motifs is 3.